The number of methoxy groups -OCH3 is 1. The third-order valence-electron chi connectivity index (χ3n) is 6.48. The predicted octanol–water partition coefficient (Wildman–Crippen LogP) is 2.12. The topological polar surface area (TPSA) is 132 Å². The Morgan fingerprint density at radius 1 is 1.22 bits per heavy atom. The number of rotatable bonds is 11. The second-order valence-electron chi connectivity index (χ2n) is 9.11. The summed E-state index contributed by atoms with van der Waals surface area (Å²) in [5, 5.41) is 2.64. The normalized spacial score (nSPS) is 24.5. The molecule has 11 heteroatoms. The maximum absolute atomic E-state index is 13.1. The van der Waals surface area contributed by atoms with E-state index in [1.165, 1.54) is 32.2 Å². The maximum atomic E-state index is 13.1. The molecule has 1 aliphatic heterocycles. The Bertz CT molecular complexity index is 906. The van der Waals surface area contributed by atoms with E-state index in [1.54, 1.807) is 6.92 Å². The Kier molecular flexibility index (Phi) is 10.3. The van der Waals surface area contributed by atoms with Crippen molar-refractivity contribution in [3.05, 3.63) is 18.0 Å². The summed E-state index contributed by atoms with van der Waals surface area (Å²) >= 11 is 0. The highest BCUT2D eigenvalue weighted by molar-refractivity contribution is 5.98. The molecule has 1 saturated carbocycles. The van der Waals surface area contributed by atoms with Gasteiger partial charge in [0.25, 0.3) is 5.91 Å². The Morgan fingerprint density at radius 3 is 2.69 bits per heavy atom. The second-order valence-corrected chi connectivity index (χ2v) is 9.11. The lowest BCUT2D eigenvalue weighted by Gasteiger charge is -2.27. The summed E-state index contributed by atoms with van der Waals surface area (Å²) in [7, 11) is 1.40. The van der Waals surface area contributed by atoms with Gasteiger partial charge >= 0.3 is 11.9 Å². The lowest BCUT2D eigenvalue weighted by atomic mass is 9.86. The fourth-order valence-electron chi connectivity index (χ4n) is 3.98. The molecule has 0 spiro atoms. The summed E-state index contributed by atoms with van der Waals surface area (Å²) in [6.07, 6.45) is 4.57. The standard InChI is InChI=1S/C25H36N2O9/c1-5-32-13-21(28)34-14-35-23-20(31-4)8-9-26-22(23)24(29)27-19-12-33-11-18(10-17-6-7-17)15(2)16(3)36-25(19)30/h8-9,15-19H,5-7,10-14H2,1-4H3,(H,27,29)/t15-,16-,18-,19-/m0/s1. The van der Waals surface area contributed by atoms with Gasteiger partial charge in [0.15, 0.2) is 23.2 Å². The van der Waals surface area contributed by atoms with Gasteiger partial charge in [-0.15, -0.1) is 0 Å². The van der Waals surface area contributed by atoms with Crippen molar-refractivity contribution in [3.63, 3.8) is 0 Å². The van der Waals surface area contributed by atoms with Crippen LogP contribution in [0.5, 0.6) is 11.5 Å². The molecule has 3 rings (SSSR count). The van der Waals surface area contributed by atoms with E-state index in [-0.39, 0.29) is 48.3 Å². The van der Waals surface area contributed by atoms with Gasteiger partial charge in [-0.2, -0.15) is 0 Å². The molecule has 4 atom stereocenters. The van der Waals surface area contributed by atoms with Crippen LogP contribution in [-0.2, 0) is 28.5 Å². The van der Waals surface area contributed by atoms with Crippen molar-refractivity contribution in [2.24, 2.45) is 17.8 Å². The van der Waals surface area contributed by atoms with Crippen LogP contribution < -0.4 is 14.8 Å². The van der Waals surface area contributed by atoms with Crippen molar-refractivity contribution < 1.29 is 42.8 Å². The van der Waals surface area contributed by atoms with Gasteiger partial charge in [0.05, 0.1) is 13.7 Å². The molecular formula is C25H36N2O9. The smallest absolute Gasteiger partial charge is 0.334 e. The van der Waals surface area contributed by atoms with Crippen LogP contribution in [0.15, 0.2) is 12.3 Å². The third kappa shape index (κ3) is 7.79. The summed E-state index contributed by atoms with van der Waals surface area (Å²) < 4.78 is 32.3. The van der Waals surface area contributed by atoms with Crippen molar-refractivity contribution in [2.45, 2.75) is 52.2 Å². The van der Waals surface area contributed by atoms with Gasteiger partial charge in [-0.25, -0.2) is 14.6 Å². The summed E-state index contributed by atoms with van der Waals surface area (Å²) in [5.74, 6) is -0.597. The van der Waals surface area contributed by atoms with E-state index in [0.717, 1.165) is 12.3 Å². The molecule has 200 valence electrons. The van der Waals surface area contributed by atoms with Gasteiger partial charge in [-0.3, -0.25) is 4.79 Å². The highest BCUT2D eigenvalue weighted by Gasteiger charge is 2.36. The van der Waals surface area contributed by atoms with Crippen molar-refractivity contribution in [3.8, 4) is 11.5 Å². The Balaban J connectivity index is 1.67. The largest absolute Gasteiger partial charge is 0.493 e. The molecule has 1 N–H and O–H groups in total. The van der Waals surface area contributed by atoms with Crippen molar-refractivity contribution in [1.29, 1.82) is 0 Å². The zero-order valence-electron chi connectivity index (χ0n) is 21.3. The number of carbonyl (C=O) groups excluding carboxylic acids is 3. The molecule has 1 aromatic rings. The van der Waals surface area contributed by atoms with Gasteiger partial charge in [-0.05, 0) is 38.0 Å². The van der Waals surface area contributed by atoms with Crippen LogP contribution >= 0.6 is 0 Å². The molecule has 0 bridgehead atoms. The van der Waals surface area contributed by atoms with Crippen LogP contribution in [0.3, 0.4) is 0 Å². The number of carbonyl (C=O) groups is 3. The summed E-state index contributed by atoms with van der Waals surface area (Å²) in [5.41, 5.74) is -0.143. The van der Waals surface area contributed by atoms with Gasteiger partial charge in [0.1, 0.15) is 12.7 Å². The van der Waals surface area contributed by atoms with Crippen LogP contribution in [0.2, 0.25) is 0 Å². The summed E-state index contributed by atoms with van der Waals surface area (Å²) in [6, 6.07) is 0.464. The van der Waals surface area contributed by atoms with Crippen molar-refractivity contribution >= 4 is 17.8 Å². The molecule has 2 fully saturated rings. The minimum atomic E-state index is -1.03. The van der Waals surface area contributed by atoms with Gasteiger partial charge in [-0.1, -0.05) is 19.8 Å². The average molecular weight is 509 g/mol. The second kappa shape index (κ2) is 13.4. The van der Waals surface area contributed by atoms with E-state index in [1.807, 2.05) is 6.92 Å². The highest BCUT2D eigenvalue weighted by Crippen LogP contribution is 2.38. The Morgan fingerprint density at radius 2 is 2.00 bits per heavy atom. The molecule has 2 heterocycles. The van der Waals surface area contributed by atoms with E-state index in [9.17, 15) is 14.4 Å². The number of cyclic esters (lactones) is 1. The zero-order valence-corrected chi connectivity index (χ0v) is 21.3. The molecule has 1 aliphatic carbocycles. The van der Waals surface area contributed by atoms with E-state index in [0.29, 0.717) is 13.2 Å². The number of esters is 2. The first-order chi connectivity index (χ1) is 17.3. The first-order valence-corrected chi connectivity index (χ1v) is 12.3. The first kappa shape index (κ1) is 27.7. The Labute approximate surface area is 211 Å². The average Bonchev–Trinajstić information content (AvgIpc) is 3.68. The maximum Gasteiger partial charge on any atom is 0.334 e. The van der Waals surface area contributed by atoms with E-state index < -0.39 is 30.7 Å². The number of pyridine rings is 1. The zero-order chi connectivity index (χ0) is 26.1. The monoisotopic (exact) mass is 508 g/mol. The first-order valence-electron chi connectivity index (χ1n) is 12.3. The van der Waals surface area contributed by atoms with E-state index in [2.05, 4.69) is 17.2 Å². The molecule has 0 unspecified atom stereocenters. The summed E-state index contributed by atoms with van der Waals surface area (Å²) in [6.45, 7) is 5.81. The Hall–Kier alpha value is -2.92. The molecule has 11 nitrogen and oxygen atoms in total. The molecule has 1 saturated heterocycles. The van der Waals surface area contributed by atoms with Crippen LogP contribution in [0, 0.1) is 17.8 Å². The van der Waals surface area contributed by atoms with Crippen LogP contribution in [0.25, 0.3) is 0 Å². The molecule has 1 aromatic heterocycles. The van der Waals surface area contributed by atoms with E-state index >= 15 is 0 Å². The van der Waals surface area contributed by atoms with Gasteiger partial charge in [0, 0.05) is 25.5 Å². The predicted molar refractivity (Wildman–Crippen MR) is 126 cm³/mol. The lowest BCUT2D eigenvalue weighted by Crippen LogP contribution is -2.46. The van der Waals surface area contributed by atoms with Crippen molar-refractivity contribution in [1.82, 2.24) is 10.3 Å². The number of ether oxygens (including phenoxy) is 6. The number of nitrogens with one attached hydrogen (secondary N) is 1. The van der Waals surface area contributed by atoms with E-state index in [4.69, 9.17) is 28.4 Å². The highest BCUT2D eigenvalue weighted by atomic mass is 16.7. The number of hydrogen-bond acceptors (Lipinski definition) is 10. The molecule has 0 radical (unpaired) electrons. The van der Waals surface area contributed by atoms with Gasteiger partial charge in [0.2, 0.25) is 6.79 Å². The minimum Gasteiger partial charge on any atom is -0.493 e. The number of hydrogen-bond donors (Lipinski definition) is 1. The number of amides is 1. The number of aromatic nitrogens is 1. The molecule has 0 aromatic carbocycles. The van der Waals surface area contributed by atoms with Crippen LogP contribution in [-0.4, -0.2) is 75.3 Å². The van der Waals surface area contributed by atoms with Crippen LogP contribution in [0.1, 0.15) is 50.5 Å². The third-order valence-corrected chi connectivity index (χ3v) is 6.48. The minimum absolute atomic E-state index is 0.0274. The molecular weight excluding hydrogens is 472 g/mol. The number of nitrogens with zero attached hydrogens (tertiary/aromatic N) is 1. The molecule has 2 aliphatic rings. The summed E-state index contributed by atoms with van der Waals surface area (Å²) in [4.78, 5) is 41.8. The quantitative estimate of drug-likeness (QED) is 0.350. The molecule has 1 amide bonds. The lowest BCUT2D eigenvalue weighted by molar-refractivity contribution is -0.155. The van der Waals surface area contributed by atoms with Gasteiger partial charge < -0.3 is 33.7 Å². The van der Waals surface area contributed by atoms with Crippen molar-refractivity contribution in [2.75, 3.05) is 40.3 Å². The fraction of sp³-hybridized carbons (Fsp3) is 0.680. The van der Waals surface area contributed by atoms with Crippen LogP contribution in [0.4, 0.5) is 0 Å². The SMILES string of the molecule is CCOCC(=O)OCOc1c(OC)ccnc1C(=O)N[C@H]1COC[C@H](CC2CC2)[C@@H](C)[C@H](C)OC1=O. The fourth-order valence-corrected chi connectivity index (χ4v) is 3.98. The molecule has 36 heavy (non-hydrogen) atoms.